The SMILES string of the molecule is CC(=O)c1ccc(NS(=O)(=O)c2cccc3cccnc23)c(F)c1. The summed E-state index contributed by atoms with van der Waals surface area (Å²) in [6.07, 6.45) is 1.49. The molecule has 1 heterocycles. The van der Waals surface area contributed by atoms with Gasteiger partial charge in [-0.2, -0.15) is 0 Å². The quantitative estimate of drug-likeness (QED) is 0.736. The number of aromatic nitrogens is 1. The molecule has 0 saturated heterocycles. The Morgan fingerprint density at radius 3 is 2.58 bits per heavy atom. The van der Waals surface area contributed by atoms with Gasteiger partial charge >= 0.3 is 0 Å². The third kappa shape index (κ3) is 2.98. The minimum Gasteiger partial charge on any atom is -0.295 e. The summed E-state index contributed by atoms with van der Waals surface area (Å²) >= 11 is 0. The number of pyridine rings is 1. The molecule has 0 atom stereocenters. The van der Waals surface area contributed by atoms with Crippen LogP contribution in [-0.2, 0) is 10.0 Å². The number of carbonyl (C=O) groups is 1. The average molecular weight is 344 g/mol. The van der Waals surface area contributed by atoms with Crippen LogP contribution < -0.4 is 4.72 Å². The number of sulfonamides is 1. The summed E-state index contributed by atoms with van der Waals surface area (Å²) in [5, 5.41) is 0.660. The van der Waals surface area contributed by atoms with Gasteiger partial charge < -0.3 is 0 Å². The molecule has 0 aliphatic heterocycles. The van der Waals surface area contributed by atoms with Crippen LogP contribution in [0.5, 0.6) is 0 Å². The van der Waals surface area contributed by atoms with Crippen LogP contribution in [0.15, 0.2) is 59.6 Å². The van der Waals surface area contributed by atoms with E-state index in [1.807, 2.05) is 0 Å². The first kappa shape index (κ1) is 16.1. The smallest absolute Gasteiger partial charge is 0.264 e. The Morgan fingerprint density at radius 2 is 1.88 bits per heavy atom. The first-order chi connectivity index (χ1) is 11.4. The van der Waals surface area contributed by atoms with E-state index >= 15 is 0 Å². The predicted octanol–water partition coefficient (Wildman–Crippen LogP) is 3.38. The molecule has 0 fully saturated rings. The maximum Gasteiger partial charge on any atom is 0.264 e. The molecule has 2 aromatic carbocycles. The average Bonchev–Trinajstić information content (AvgIpc) is 2.56. The minimum atomic E-state index is -4.03. The molecular formula is C17H13FN2O3S. The molecule has 122 valence electrons. The Hall–Kier alpha value is -2.80. The molecule has 0 radical (unpaired) electrons. The Bertz CT molecular complexity index is 1040. The standard InChI is InChI=1S/C17H13FN2O3S/c1-11(21)13-7-8-15(14(18)10-13)20-24(22,23)16-6-2-4-12-5-3-9-19-17(12)16/h2-10,20H,1H3. The fourth-order valence-corrected chi connectivity index (χ4v) is 3.56. The molecule has 1 N–H and O–H groups in total. The lowest BCUT2D eigenvalue weighted by Gasteiger charge is -2.11. The van der Waals surface area contributed by atoms with Gasteiger partial charge in [0.05, 0.1) is 11.2 Å². The van der Waals surface area contributed by atoms with Gasteiger partial charge in [0.25, 0.3) is 10.0 Å². The van der Waals surface area contributed by atoms with Gasteiger partial charge in [0.15, 0.2) is 5.78 Å². The first-order valence-electron chi connectivity index (χ1n) is 7.05. The van der Waals surface area contributed by atoms with Crippen molar-refractivity contribution in [2.45, 2.75) is 11.8 Å². The molecule has 24 heavy (non-hydrogen) atoms. The van der Waals surface area contributed by atoms with Crippen LogP contribution in [0.1, 0.15) is 17.3 Å². The number of nitrogens with zero attached hydrogens (tertiary/aromatic N) is 1. The van der Waals surface area contributed by atoms with Crippen molar-refractivity contribution < 1.29 is 17.6 Å². The van der Waals surface area contributed by atoms with Gasteiger partial charge in [0, 0.05) is 17.1 Å². The number of hydrogen-bond donors (Lipinski definition) is 1. The second-order valence-electron chi connectivity index (χ2n) is 5.19. The third-order valence-electron chi connectivity index (χ3n) is 3.51. The summed E-state index contributed by atoms with van der Waals surface area (Å²) in [4.78, 5) is 15.3. The molecular weight excluding hydrogens is 331 g/mol. The molecule has 7 heteroatoms. The Morgan fingerprint density at radius 1 is 1.12 bits per heavy atom. The van der Waals surface area contributed by atoms with E-state index in [4.69, 9.17) is 0 Å². The Labute approximate surface area is 138 Å². The van der Waals surface area contributed by atoms with Crippen molar-refractivity contribution in [3.8, 4) is 0 Å². The highest BCUT2D eigenvalue weighted by molar-refractivity contribution is 7.93. The van der Waals surface area contributed by atoms with E-state index in [9.17, 15) is 17.6 Å². The molecule has 0 saturated carbocycles. The van der Waals surface area contributed by atoms with E-state index in [2.05, 4.69) is 9.71 Å². The lowest BCUT2D eigenvalue weighted by Crippen LogP contribution is -2.15. The van der Waals surface area contributed by atoms with E-state index in [-0.39, 0.29) is 21.9 Å². The predicted molar refractivity (Wildman–Crippen MR) is 89.0 cm³/mol. The summed E-state index contributed by atoms with van der Waals surface area (Å²) in [6, 6.07) is 11.8. The van der Waals surface area contributed by atoms with Crippen molar-refractivity contribution in [3.63, 3.8) is 0 Å². The maximum atomic E-state index is 14.1. The lowest BCUT2D eigenvalue weighted by atomic mass is 10.1. The second-order valence-corrected chi connectivity index (χ2v) is 6.84. The van der Waals surface area contributed by atoms with Crippen molar-refractivity contribution in [3.05, 3.63) is 66.1 Å². The van der Waals surface area contributed by atoms with Gasteiger partial charge in [-0.15, -0.1) is 0 Å². The van der Waals surface area contributed by atoms with Gasteiger partial charge in [-0.25, -0.2) is 12.8 Å². The number of halogens is 1. The van der Waals surface area contributed by atoms with Crippen molar-refractivity contribution in [2.75, 3.05) is 4.72 Å². The van der Waals surface area contributed by atoms with Crippen molar-refractivity contribution >= 4 is 32.4 Å². The van der Waals surface area contributed by atoms with Crippen molar-refractivity contribution in [2.24, 2.45) is 0 Å². The summed E-state index contributed by atoms with van der Waals surface area (Å²) < 4.78 is 41.5. The zero-order chi connectivity index (χ0) is 17.3. The summed E-state index contributed by atoms with van der Waals surface area (Å²) in [5.41, 5.74) is 0.239. The zero-order valence-corrected chi connectivity index (χ0v) is 13.5. The third-order valence-corrected chi connectivity index (χ3v) is 4.90. The summed E-state index contributed by atoms with van der Waals surface area (Å²) in [5.74, 6) is -1.12. The number of ketones is 1. The van der Waals surface area contributed by atoms with E-state index in [1.54, 1.807) is 24.3 Å². The van der Waals surface area contributed by atoms with E-state index in [0.717, 1.165) is 6.07 Å². The summed E-state index contributed by atoms with van der Waals surface area (Å²) in [7, 11) is -4.03. The van der Waals surface area contributed by atoms with Gasteiger partial charge in [-0.3, -0.25) is 14.5 Å². The van der Waals surface area contributed by atoms with E-state index in [1.165, 1.54) is 31.3 Å². The van der Waals surface area contributed by atoms with Crippen molar-refractivity contribution in [1.82, 2.24) is 4.98 Å². The number of rotatable bonds is 4. The number of hydrogen-bond acceptors (Lipinski definition) is 4. The normalized spacial score (nSPS) is 11.4. The number of Topliss-reactive ketones (excluding diaryl/α,β-unsaturated/α-hetero) is 1. The van der Waals surface area contributed by atoms with Gasteiger partial charge in [-0.05, 0) is 37.3 Å². The topological polar surface area (TPSA) is 76.1 Å². The van der Waals surface area contributed by atoms with E-state index in [0.29, 0.717) is 10.9 Å². The first-order valence-corrected chi connectivity index (χ1v) is 8.54. The molecule has 0 aliphatic rings. The lowest BCUT2D eigenvalue weighted by molar-refractivity contribution is 0.101. The van der Waals surface area contributed by atoms with Crippen LogP contribution in [0.3, 0.4) is 0 Å². The molecule has 0 aliphatic carbocycles. The molecule has 3 aromatic rings. The summed E-state index contributed by atoms with van der Waals surface area (Å²) in [6.45, 7) is 1.31. The number of nitrogens with one attached hydrogen (secondary N) is 1. The minimum absolute atomic E-state index is 0.0457. The second kappa shape index (κ2) is 6.01. The van der Waals surface area contributed by atoms with E-state index < -0.39 is 15.8 Å². The van der Waals surface area contributed by atoms with Gasteiger partial charge in [0.1, 0.15) is 10.7 Å². The zero-order valence-electron chi connectivity index (χ0n) is 12.7. The molecule has 0 unspecified atom stereocenters. The highest BCUT2D eigenvalue weighted by Crippen LogP contribution is 2.25. The fourth-order valence-electron chi connectivity index (χ4n) is 2.31. The number of para-hydroxylation sites is 1. The molecule has 0 spiro atoms. The Balaban J connectivity index is 2.04. The molecule has 1 aromatic heterocycles. The molecule has 3 rings (SSSR count). The van der Waals surface area contributed by atoms with Crippen LogP contribution in [0.25, 0.3) is 10.9 Å². The molecule has 0 bridgehead atoms. The van der Waals surface area contributed by atoms with Gasteiger partial charge in [0.2, 0.25) is 0 Å². The number of fused-ring (bicyclic) bond motifs is 1. The van der Waals surface area contributed by atoms with Crippen LogP contribution >= 0.6 is 0 Å². The monoisotopic (exact) mass is 344 g/mol. The van der Waals surface area contributed by atoms with Crippen LogP contribution in [0.2, 0.25) is 0 Å². The van der Waals surface area contributed by atoms with Gasteiger partial charge in [-0.1, -0.05) is 18.2 Å². The highest BCUT2D eigenvalue weighted by atomic mass is 32.2. The van der Waals surface area contributed by atoms with Crippen LogP contribution in [0, 0.1) is 5.82 Å². The fraction of sp³-hybridized carbons (Fsp3) is 0.0588. The molecule has 0 amide bonds. The molecule has 5 nitrogen and oxygen atoms in total. The van der Waals surface area contributed by atoms with Crippen LogP contribution in [0.4, 0.5) is 10.1 Å². The Kier molecular flexibility index (Phi) is 4.02. The highest BCUT2D eigenvalue weighted by Gasteiger charge is 2.20. The number of benzene rings is 2. The van der Waals surface area contributed by atoms with Crippen molar-refractivity contribution in [1.29, 1.82) is 0 Å². The van der Waals surface area contributed by atoms with Crippen LogP contribution in [-0.4, -0.2) is 19.2 Å². The largest absolute Gasteiger partial charge is 0.295 e. The number of anilines is 1. The maximum absolute atomic E-state index is 14.1. The number of carbonyl (C=O) groups excluding carboxylic acids is 1.